The number of aromatic nitrogens is 2. The molecule has 2 aromatic carbocycles. The van der Waals surface area contributed by atoms with Crippen molar-refractivity contribution in [3.8, 4) is 22.8 Å². The van der Waals surface area contributed by atoms with Crippen LogP contribution < -0.4 is 5.46 Å². The topological polar surface area (TPSA) is 119 Å². The first-order valence-corrected chi connectivity index (χ1v) is 13.2. The fourth-order valence-electron chi connectivity index (χ4n) is 3.41. The van der Waals surface area contributed by atoms with Crippen LogP contribution in [-0.2, 0) is 9.31 Å². The van der Waals surface area contributed by atoms with Crippen molar-refractivity contribution in [3.05, 3.63) is 101 Å². The predicted molar refractivity (Wildman–Crippen MR) is 158 cm³/mol. The number of phenolic OH excluding ortho intramolecular Hbond substituents is 2. The van der Waals surface area contributed by atoms with E-state index in [4.69, 9.17) is 14.4 Å². The van der Waals surface area contributed by atoms with Crippen LogP contribution in [0.4, 0.5) is 0 Å². The van der Waals surface area contributed by atoms with Crippen molar-refractivity contribution in [2.24, 2.45) is 0 Å². The highest BCUT2D eigenvalue weighted by Gasteiger charge is 2.51. The Kier molecular flexibility index (Phi) is 10.3. The molecule has 206 valence electrons. The molecule has 5 rings (SSSR count). The van der Waals surface area contributed by atoms with Crippen LogP contribution in [0, 0.1) is 0 Å². The smallest absolute Gasteiger partial charge is 0.494 e. The van der Waals surface area contributed by atoms with Gasteiger partial charge in [0.25, 0.3) is 0 Å². The molecule has 1 fully saturated rings. The Morgan fingerprint density at radius 1 is 0.700 bits per heavy atom. The van der Waals surface area contributed by atoms with Crippen LogP contribution in [0.2, 0.25) is 0 Å². The molecule has 0 unspecified atom stereocenters. The van der Waals surface area contributed by atoms with Gasteiger partial charge in [-0.25, -0.2) is 9.97 Å². The average Bonchev–Trinajstić information content (AvgIpc) is 3.16. The Hall–Kier alpha value is -3.86. The van der Waals surface area contributed by atoms with E-state index < -0.39 is 0 Å². The molecule has 4 aromatic rings. The molecule has 0 atom stereocenters. The summed E-state index contributed by atoms with van der Waals surface area (Å²) in [6.45, 7) is 8.08. The monoisotopic (exact) mass is 604 g/mol. The molecule has 1 aliphatic heterocycles. The van der Waals surface area contributed by atoms with Gasteiger partial charge in [0.05, 0.1) is 16.9 Å². The standard InChI is InChI=1S/C12H17BO3.C12H9NO2.C6H4BrNO/c1-11(2)12(3,4)16-13(15-11)9-5-7-10(14)8-6-9;14-8-10-2-1-3-12(13-10)9-4-6-11(15)7-5-9;7-6-3-1-2-5(4-9)8-6/h5-8,14H,1-4H3;1-8,15H;1-4H. The van der Waals surface area contributed by atoms with Crippen LogP contribution in [0.5, 0.6) is 11.5 Å². The van der Waals surface area contributed by atoms with E-state index >= 15 is 0 Å². The largest absolute Gasteiger partial charge is 0.508 e. The van der Waals surface area contributed by atoms with Crippen molar-refractivity contribution in [3.63, 3.8) is 0 Å². The van der Waals surface area contributed by atoms with Gasteiger partial charge in [-0.2, -0.15) is 0 Å². The number of hydrogen-bond donors (Lipinski definition) is 2. The van der Waals surface area contributed by atoms with Crippen LogP contribution in [0.1, 0.15) is 48.7 Å². The highest BCUT2D eigenvalue weighted by molar-refractivity contribution is 9.10. The van der Waals surface area contributed by atoms with E-state index in [1.165, 1.54) is 0 Å². The molecular formula is C30H30BBrN2O6. The first-order valence-electron chi connectivity index (χ1n) is 12.4. The number of halogens is 1. The summed E-state index contributed by atoms with van der Waals surface area (Å²) in [6, 6.07) is 24.0. The molecule has 0 amide bonds. The van der Waals surface area contributed by atoms with E-state index in [0.29, 0.717) is 28.6 Å². The van der Waals surface area contributed by atoms with Gasteiger partial charge in [-0.05, 0) is 110 Å². The van der Waals surface area contributed by atoms with Crippen LogP contribution in [0.25, 0.3) is 11.3 Å². The maximum atomic E-state index is 10.5. The van der Waals surface area contributed by atoms with Gasteiger partial charge in [0.15, 0.2) is 12.6 Å². The maximum absolute atomic E-state index is 10.5. The number of aromatic hydroxyl groups is 2. The molecule has 0 bridgehead atoms. The number of rotatable bonds is 4. The Labute approximate surface area is 242 Å². The minimum absolute atomic E-state index is 0.213. The van der Waals surface area contributed by atoms with Gasteiger partial charge >= 0.3 is 7.12 Å². The lowest BCUT2D eigenvalue weighted by Crippen LogP contribution is -2.41. The third-order valence-electron chi connectivity index (χ3n) is 6.33. The lowest BCUT2D eigenvalue weighted by Gasteiger charge is -2.32. The first kappa shape index (κ1) is 30.7. The summed E-state index contributed by atoms with van der Waals surface area (Å²) in [4.78, 5) is 28.6. The van der Waals surface area contributed by atoms with Crippen LogP contribution in [-0.4, -0.2) is 51.1 Å². The quantitative estimate of drug-likeness (QED) is 0.175. The van der Waals surface area contributed by atoms with Crippen molar-refractivity contribution in [2.45, 2.75) is 38.9 Å². The zero-order valence-electron chi connectivity index (χ0n) is 22.6. The normalized spacial score (nSPS) is 14.7. The van der Waals surface area contributed by atoms with Gasteiger partial charge in [0.1, 0.15) is 27.5 Å². The number of hydrogen-bond acceptors (Lipinski definition) is 8. The SMILES string of the molecule is CC1(C)OB(c2ccc(O)cc2)OC1(C)C.O=Cc1cccc(-c2ccc(O)cc2)n1.O=Cc1cccc(Br)n1. The van der Waals surface area contributed by atoms with Crippen molar-refractivity contribution in [2.75, 3.05) is 0 Å². The highest BCUT2D eigenvalue weighted by atomic mass is 79.9. The summed E-state index contributed by atoms with van der Waals surface area (Å²) >= 11 is 3.13. The zero-order valence-corrected chi connectivity index (χ0v) is 24.2. The summed E-state index contributed by atoms with van der Waals surface area (Å²) in [7, 11) is -0.356. The lowest BCUT2D eigenvalue weighted by molar-refractivity contribution is 0.00578. The lowest BCUT2D eigenvalue weighted by atomic mass is 9.79. The summed E-state index contributed by atoms with van der Waals surface area (Å²) in [5.74, 6) is 0.463. The molecule has 0 aliphatic carbocycles. The number of benzene rings is 2. The van der Waals surface area contributed by atoms with Crippen LogP contribution in [0.3, 0.4) is 0 Å². The Morgan fingerprint density at radius 2 is 1.18 bits per heavy atom. The van der Waals surface area contributed by atoms with Crippen molar-refractivity contribution in [1.29, 1.82) is 0 Å². The molecule has 2 N–H and O–H groups in total. The van der Waals surface area contributed by atoms with Gasteiger partial charge in [0, 0.05) is 5.56 Å². The van der Waals surface area contributed by atoms with Crippen molar-refractivity contribution < 1.29 is 29.1 Å². The molecule has 40 heavy (non-hydrogen) atoms. The minimum Gasteiger partial charge on any atom is -0.508 e. The second kappa shape index (κ2) is 13.5. The Morgan fingerprint density at radius 3 is 1.65 bits per heavy atom. The predicted octanol–water partition coefficient (Wildman–Crippen LogP) is 5.61. The molecule has 3 heterocycles. The van der Waals surface area contributed by atoms with Crippen LogP contribution >= 0.6 is 15.9 Å². The van der Waals surface area contributed by atoms with E-state index in [9.17, 15) is 14.7 Å². The maximum Gasteiger partial charge on any atom is 0.494 e. The molecule has 10 heteroatoms. The van der Waals surface area contributed by atoms with Gasteiger partial charge < -0.3 is 19.5 Å². The van der Waals surface area contributed by atoms with Crippen LogP contribution in [0.15, 0.2) is 89.5 Å². The zero-order chi connectivity index (χ0) is 29.3. The van der Waals surface area contributed by atoms with E-state index in [1.807, 2.05) is 45.9 Å². The number of aldehydes is 2. The Balaban J connectivity index is 0.000000172. The van der Waals surface area contributed by atoms with Gasteiger partial charge in [0.2, 0.25) is 0 Å². The summed E-state index contributed by atoms with van der Waals surface area (Å²) in [5, 5.41) is 18.4. The molecule has 2 aromatic heterocycles. The molecule has 0 spiro atoms. The highest BCUT2D eigenvalue weighted by Crippen LogP contribution is 2.36. The summed E-state index contributed by atoms with van der Waals surface area (Å²) in [5.41, 5.74) is 2.72. The molecule has 0 saturated carbocycles. The minimum atomic E-state index is -0.356. The average molecular weight is 605 g/mol. The van der Waals surface area contributed by atoms with Gasteiger partial charge in [-0.3, -0.25) is 9.59 Å². The third-order valence-corrected chi connectivity index (χ3v) is 6.77. The number of pyridine rings is 2. The second-order valence-corrected chi connectivity index (χ2v) is 10.6. The molecule has 1 saturated heterocycles. The number of nitrogens with zero attached hydrogens (tertiary/aromatic N) is 2. The van der Waals surface area contributed by atoms with Crippen molar-refractivity contribution >= 4 is 41.1 Å². The fraction of sp³-hybridized carbons (Fsp3) is 0.200. The van der Waals surface area contributed by atoms with Crippen molar-refractivity contribution in [1.82, 2.24) is 9.97 Å². The van der Waals surface area contributed by atoms with E-state index in [-0.39, 0.29) is 29.8 Å². The number of phenols is 2. The van der Waals surface area contributed by atoms with E-state index in [0.717, 1.165) is 16.7 Å². The fourth-order valence-corrected chi connectivity index (χ4v) is 3.77. The number of carbonyl (C=O) groups is 2. The van der Waals surface area contributed by atoms with Gasteiger partial charge in [-0.1, -0.05) is 24.3 Å². The number of carbonyl (C=O) groups excluding carboxylic acids is 2. The third kappa shape index (κ3) is 8.32. The van der Waals surface area contributed by atoms with Gasteiger partial charge in [-0.15, -0.1) is 0 Å². The second-order valence-electron chi connectivity index (χ2n) is 9.80. The summed E-state index contributed by atoms with van der Waals surface area (Å²) < 4.78 is 12.5. The molecule has 8 nitrogen and oxygen atoms in total. The molecule has 0 radical (unpaired) electrons. The van der Waals surface area contributed by atoms with E-state index in [2.05, 4.69) is 25.9 Å². The Bertz CT molecular complexity index is 1410. The molecular weight excluding hydrogens is 575 g/mol. The molecule has 1 aliphatic rings. The van der Waals surface area contributed by atoms with E-state index in [1.54, 1.807) is 66.7 Å². The first-order chi connectivity index (χ1) is 18.9. The summed E-state index contributed by atoms with van der Waals surface area (Å²) in [6.07, 6.45) is 1.43.